The maximum absolute atomic E-state index is 13.0. The smallest absolute Gasteiger partial charge is 0.261 e. The molecule has 5 nitrogen and oxygen atoms in total. The number of aryl methyl sites for hydroxylation is 3. The van der Waals surface area contributed by atoms with Crippen LogP contribution < -0.4 is 10.1 Å². The van der Waals surface area contributed by atoms with Gasteiger partial charge in [-0.1, -0.05) is 30.3 Å². The molecule has 0 aliphatic carbocycles. The highest BCUT2D eigenvalue weighted by atomic mass is 16.5. The first-order chi connectivity index (χ1) is 13.3. The Morgan fingerprint density at radius 3 is 2.39 bits per heavy atom. The Kier molecular flexibility index (Phi) is 7.61. The summed E-state index contributed by atoms with van der Waals surface area (Å²) in [5.74, 6) is 0.258. The van der Waals surface area contributed by atoms with Crippen molar-refractivity contribution in [3.8, 4) is 5.75 Å². The van der Waals surface area contributed by atoms with E-state index in [2.05, 4.69) is 5.32 Å². The highest BCUT2D eigenvalue weighted by Crippen LogP contribution is 2.18. The molecule has 2 rings (SSSR count). The van der Waals surface area contributed by atoms with E-state index in [0.717, 1.165) is 16.7 Å². The van der Waals surface area contributed by atoms with Gasteiger partial charge >= 0.3 is 0 Å². The van der Waals surface area contributed by atoms with Crippen LogP contribution in [0.5, 0.6) is 5.75 Å². The fourth-order valence-corrected chi connectivity index (χ4v) is 2.91. The Bertz CT molecular complexity index is 832. The van der Waals surface area contributed by atoms with E-state index in [9.17, 15) is 9.59 Å². The summed E-state index contributed by atoms with van der Waals surface area (Å²) in [5.41, 5.74) is 4.37. The van der Waals surface area contributed by atoms with E-state index < -0.39 is 6.04 Å². The van der Waals surface area contributed by atoms with Crippen LogP contribution in [-0.4, -0.2) is 35.9 Å². The van der Waals surface area contributed by atoms with Crippen molar-refractivity contribution in [2.24, 2.45) is 0 Å². The minimum Gasteiger partial charge on any atom is -0.484 e. The molecule has 1 atom stereocenters. The number of hydrogen-bond acceptors (Lipinski definition) is 3. The summed E-state index contributed by atoms with van der Waals surface area (Å²) in [6, 6.07) is 13.0. The van der Waals surface area contributed by atoms with Crippen LogP contribution in [0.2, 0.25) is 0 Å². The molecular weight excluding hydrogens is 352 g/mol. The Morgan fingerprint density at radius 1 is 1.04 bits per heavy atom. The number of carbonyl (C=O) groups excluding carboxylic acids is 2. The first kappa shape index (κ1) is 21.5. The number of amides is 2. The lowest BCUT2D eigenvalue weighted by Crippen LogP contribution is -2.49. The third-order valence-electron chi connectivity index (χ3n) is 4.96. The molecule has 0 fully saturated rings. The Hall–Kier alpha value is -2.82. The Labute approximate surface area is 167 Å². The van der Waals surface area contributed by atoms with Crippen LogP contribution in [0.3, 0.4) is 0 Å². The van der Waals surface area contributed by atoms with Crippen molar-refractivity contribution < 1.29 is 14.3 Å². The minimum atomic E-state index is -0.588. The largest absolute Gasteiger partial charge is 0.484 e. The van der Waals surface area contributed by atoms with E-state index in [-0.39, 0.29) is 18.4 Å². The van der Waals surface area contributed by atoms with Gasteiger partial charge in [0.05, 0.1) is 0 Å². The Balaban J connectivity index is 2.16. The number of rotatable bonds is 8. The van der Waals surface area contributed by atoms with E-state index in [1.165, 1.54) is 5.56 Å². The van der Waals surface area contributed by atoms with Gasteiger partial charge in [-0.15, -0.1) is 0 Å². The summed E-state index contributed by atoms with van der Waals surface area (Å²) >= 11 is 0. The van der Waals surface area contributed by atoms with Gasteiger partial charge in [0.2, 0.25) is 5.91 Å². The third-order valence-corrected chi connectivity index (χ3v) is 4.96. The molecule has 0 aliphatic rings. The van der Waals surface area contributed by atoms with Crippen LogP contribution in [0.4, 0.5) is 0 Å². The number of nitrogens with one attached hydrogen (secondary N) is 1. The number of nitrogens with zero attached hydrogens (tertiary/aromatic N) is 1. The van der Waals surface area contributed by atoms with Crippen LogP contribution >= 0.6 is 0 Å². The number of benzene rings is 2. The molecule has 28 heavy (non-hydrogen) atoms. The molecule has 5 heteroatoms. The van der Waals surface area contributed by atoms with Crippen LogP contribution in [-0.2, 0) is 16.1 Å². The second-order valence-electron chi connectivity index (χ2n) is 7.05. The average molecular weight is 383 g/mol. The van der Waals surface area contributed by atoms with E-state index >= 15 is 0 Å². The number of hydrogen-bond donors (Lipinski definition) is 1. The molecule has 150 valence electrons. The zero-order chi connectivity index (χ0) is 20.7. The number of ether oxygens (including phenoxy) is 1. The zero-order valence-electron chi connectivity index (χ0n) is 17.4. The maximum Gasteiger partial charge on any atom is 0.261 e. The quantitative estimate of drug-likeness (QED) is 0.760. The van der Waals surface area contributed by atoms with Crippen molar-refractivity contribution in [1.29, 1.82) is 0 Å². The predicted molar refractivity (Wildman–Crippen MR) is 111 cm³/mol. The first-order valence-electron chi connectivity index (χ1n) is 9.65. The highest BCUT2D eigenvalue weighted by molar-refractivity contribution is 5.87. The Morgan fingerprint density at radius 2 is 1.75 bits per heavy atom. The van der Waals surface area contributed by atoms with Crippen molar-refractivity contribution >= 4 is 11.8 Å². The molecule has 2 amide bonds. The van der Waals surface area contributed by atoms with Crippen molar-refractivity contribution in [3.63, 3.8) is 0 Å². The maximum atomic E-state index is 13.0. The third kappa shape index (κ3) is 5.59. The molecule has 0 aromatic heterocycles. The summed E-state index contributed by atoms with van der Waals surface area (Å²) < 4.78 is 5.72. The summed E-state index contributed by atoms with van der Waals surface area (Å²) in [7, 11) is 0. The summed E-state index contributed by atoms with van der Waals surface area (Å²) in [5, 5.41) is 2.79. The van der Waals surface area contributed by atoms with E-state index in [0.29, 0.717) is 18.8 Å². The molecule has 2 aromatic carbocycles. The second kappa shape index (κ2) is 9.93. The van der Waals surface area contributed by atoms with Gasteiger partial charge < -0.3 is 15.0 Å². The summed E-state index contributed by atoms with van der Waals surface area (Å²) in [6.07, 6.45) is 0. The lowest BCUT2D eigenvalue weighted by molar-refractivity contribution is -0.142. The van der Waals surface area contributed by atoms with Crippen LogP contribution in [0.15, 0.2) is 42.5 Å². The van der Waals surface area contributed by atoms with Crippen LogP contribution in [0.1, 0.15) is 36.1 Å². The van der Waals surface area contributed by atoms with Crippen LogP contribution in [0, 0.1) is 20.8 Å². The monoisotopic (exact) mass is 382 g/mol. The molecule has 0 heterocycles. The van der Waals surface area contributed by atoms with Gasteiger partial charge in [0.1, 0.15) is 11.8 Å². The highest BCUT2D eigenvalue weighted by Gasteiger charge is 2.26. The first-order valence-corrected chi connectivity index (χ1v) is 9.65. The van der Waals surface area contributed by atoms with E-state index in [4.69, 9.17) is 4.74 Å². The zero-order valence-corrected chi connectivity index (χ0v) is 17.4. The molecule has 0 spiro atoms. The van der Waals surface area contributed by atoms with Gasteiger partial charge in [-0.05, 0) is 69.0 Å². The molecule has 1 unspecified atom stereocenters. The molecule has 0 saturated heterocycles. The SMILES string of the molecule is CCNC(=O)C(C)N(Cc1ccccc1C)C(=O)COc1ccc(C)c(C)c1. The molecule has 1 N–H and O–H groups in total. The average Bonchev–Trinajstić information content (AvgIpc) is 2.67. The summed E-state index contributed by atoms with van der Waals surface area (Å²) in [6.45, 7) is 10.4. The lowest BCUT2D eigenvalue weighted by atomic mass is 10.1. The lowest BCUT2D eigenvalue weighted by Gasteiger charge is -2.29. The van der Waals surface area contributed by atoms with E-state index in [1.54, 1.807) is 11.8 Å². The number of likely N-dealkylation sites (N-methyl/N-ethyl adjacent to an activating group) is 1. The molecule has 0 aliphatic heterocycles. The molecular formula is C23H30N2O3. The van der Waals surface area contributed by atoms with Gasteiger partial charge in [-0.2, -0.15) is 0 Å². The van der Waals surface area contributed by atoms with Crippen LogP contribution in [0.25, 0.3) is 0 Å². The molecule has 0 saturated carbocycles. The minimum absolute atomic E-state index is 0.113. The summed E-state index contributed by atoms with van der Waals surface area (Å²) in [4.78, 5) is 26.9. The second-order valence-corrected chi connectivity index (χ2v) is 7.05. The van der Waals surface area contributed by atoms with Crippen molar-refractivity contribution in [3.05, 3.63) is 64.7 Å². The molecule has 0 bridgehead atoms. The normalized spacial score (nSPS) is 11.6. The van der Waals surface area contributed by atoms with Gasteiger partial charge in [0.15, 0.2) is 6.61 Å². The number of carbonyl (C=O) groups is 2. The van der Waals surface area contributed by atoms with Crippen molar-refractivity contribution in [2.75, 3.05) is 13.2 Å². The van der Waals surface area contributed by atoms with Gasteiger partial charge in [0.25, 0.3) is 5.91 Å². The van der Waals surface area contributed by atoms with Gasteiger partial charge in [-0.3, -0.25) is 9.59 Å². The standard InChI is InChI=1S/C23H30N2O3/c1-6-24-23(27)19(5)25(14-20-10-8-7-9-17(20)3)22(26)15-28-21-12-11-16(2)18(4)13-21/h7-13,19H,6,14-15H2,1-5H3,(H,24,27). The predicted octanol–water partition coefficient (Wildman–Crippen LogP) is 3.54. The fourth-order valence-electron chi connectivity index (χ4n) is 2.91. The fraction of sp³-hybridized carbons (Fsp3) is 0.391. The van der Waals surface area contributed by atoms with Gasteiger partial charge in [0, 0.05) is 13.1 Å². The topological polar surface area (TPSA) is 58.6 Å². The molecule has 2 aromatic rings. The molecule has 0 radical (unpaired) electrons. The van der Waals surface area contributed by atoms with E-state index in [1.807, 2.05) is 70.2 Å². The van der Waals surface area contributed by atoms with Crippen molar-refractivity contribution in [2.45, 2.75) is 47.2 Å². The van der Waals surface area contributed by atoms with Gasteiger partial charge in [-0.25, -0.2) is 0 Å². The van der Waals surface area contributed by atoms with Crippen molar-refractivity contribution in [1.82, 2.24) is 10.2 Å².